The molecule has 1 aliphatic heterocycles. The van der Waals surface area contributed by atoms with Crippen LogP contribution in [-0.4, -0.2) is 36.5 Å². The number of nitrogens with zero attached hydrogens (tertiary/aromatic N) is 2. The Morgan fingerprint density at radius 3 is 2.69 bits per heavy atom. The maximum Gasteiger partial charge on any atom is 0.335 e. The van der Waals surface area contributed by atoms with Crippen LogP contribution < -0.4 is 19.7 Å². The molecule has 1 saturated heterocycles. The topological polar surface area (TPSA) is 128 Å². The molecule has 0 atom stereocenters. The summed E-state index contributed by atoms with van der Waals surface area (Å²) in [7, 11) is 1.41. The summed E-state index contributed by atoms with van der Waals surface area (Å²) < 4.78 is 11.2. The Morgan fingerprint density at radius 1 is 1.28 bits per heavy atom. The van der Waals surface area contributed by atoms with Crippen molar-refractivity contribution in [3.05, 3.63) is 62.1 Å². The minimum absolute atomic E-state index is 0.00340. The summed E-state index contributed by atoms with van der Waals surface area (Å²) in [5, 5.41) is 13.1. The molecule has 3 rings (SSSR count). The highest BCUT2D eigenvalue weighted by molar-refractivity contribution is 9.10. The Kier molecular flexibility index (Phi) is 6.56. The van der Waals surface area contributed by atoms with Crippen molar-refractivity contribution in [1.29, 1.82) is 0 Å². The molecule has 1 heterocycles. The predicted octanol–water partition coefficient (Wildman–Crippen LogP) is 3.04. The fourth-order valence-electron chi connectivity index (χ4n) is 2.88. The highest BCUT2D eigenvalue weighted by Crippen LogP contribution is 2.37. The second kappa shape index (κ2) is 9.32. The summed E-state index contributed by atoms with van der Waals surface area (Å²) >= 11 is 3.33. The summed E-state index contributed by atoms with van der Waals surface area (Å²) in [6.45, 7) is -0.00340. The van der Waals surface area contributed by atoms with Gasteiger partial charge in [0.2, 0.25) is 0 Å². The van der Waals surface area contributed by atoms with Gasteiger partial charge in [-0.25, -0.2) is 9.69 Å². The molecule has 4 amide bonds. The Bertz CT molecular complexity index is 1220. The van der Waals surface area contributed by atoms with Crippen LogP contribution in [0, 0.1) is 22.5 Å². The van der Waals surface area contributed by atoms with Gasteiger partial charge in [0.25, 0.3) is 17.5 Å². The van der Waals surface area contributed by atoms with Crippen molar-refractivity contribution in [1.82, 2.24) is 5.32 Å². The van der Waals surface area contributed by atoms with Crippen LogP contribution in [0.15, 0.2) is 46.4 Å². The molecule has 0 aliphatic carbocycles. The molecule has 0 unspecified atom stereocenters. The van der Waals surface area contributed by atoms with Crippen LogP contribution in [-0.2, 0) is 9.59 Å². The number of ether oxygens (including phenoxy) is 2. The van der Waals surface area contributed by atoms with Gasteiger partial charge in [0.05, 0.1) is 22.2 Å². The van der Waals surface area contributed by atoms with E-state index < -0.39 is 22.8 Å². The maximum atomic E-state index is 13.0. The van der Waals surface area contributed by atoms with E-state index in [9.17, 15) is 24.5 Å². The van der Waals surface area contributed by atoms with Gasteiger partial charge < -0.3 is 9.47 Å². The fourth-order valence-corrected chi connectivity index (χ4v) is 3.46. The average molecular weight is 500 g/mol. The molecule has 1 N–H and O–H groups in total. The number of benzene rings is 2. The van der Waals surface area contributed by atoms with Crippen LogP contribution in [0.1, 0.15) is 5.56 Å². The lowest BCUT2D eigenvalue weighted by molar-refractivity contribution is -0.384. The van der Waals surface area contributed by atoms with Gasteiger partial charge in [-0.3, -0.25) is 25.0 Å². The standard InChI is InChI=1S/C21H14BrN3O7/c1-3-7-32-18-16(22)9-12(10-17(18)31-2)8-15-19(26)23-21(28)24(20(15)27)13-5-4-6-14(11-13)25(29)30/h1,4-6,8-11H,7H2,2H3,(H,23,26,28)/b15-8+. The molecule has 2 aromatic rings. The molecule has 10 nitrogen and oxygen atoms in total. The number of anilines is 1. The first-order valence-electron chi connectivity index (χ1n) is 8.86. The number of methoxy groups -OCH3 is 1. The van der Waals surface area contributed by atoms with E-state index in [0.29, 0.717) is 20.7 Å². The number of carbonyl (C=O) groups is 3. The van der Waals surface area contributed by atoms with Gasteiger partial charge in [-0.1, -0.05) is 12.0 Å². The predicted molar refractivity (Wildman–Crippen MR) is 117 cm³/mol. The number of amides is 4. The molecular formula is C21H14BrN3O7. The second-order valence-corrected chi connectivity index (χ2v) is 7.12. The lowest BCUT2D eigenvalue weighted by Gasteiger charge is -2.26. The first-order chi connectivity index (χ1) is 15.3. The van der Waals surface area contributed by atoms with Crippen molar-refractivity contribution >= 4 is 51.2 Å². The van der Waals surface area contributed by atoms with Crippen LogP contribution in [0.25, 0.3) is 6.08 Å². The number of carbonyl (C=O) groups excluding carboxylic acids is 3. The Balaban J connectivity index is 2.03. The SMILES string of the molecule is C#CCOc1c(Br)cc(/C=C2\C(=O)NC(=O)N(c3cccc([N+](=O)[O-])c3)C2=O)cc1OC. The number of rotatable bonds is 6. The van der Waals surface area contributed by atoms with Gasteiger partial charge in [-0.2, -0.15) is 0 Å². The monoisotopic (exact) mass is 499 g/mol. The molecule has 32 heavy (non-hydrogen) atoms. The lowest BCUT2D eigenvalue weighted by Crippen LogP contribution is -2.54. The molecular weight excluding hydrogens is 486 g/mol. The Hall–Kier alpha value is -4.17. The molecule has 0 saturated carbocycles. The van der Waals surface area contributed by atoms with Crippen molar-refractivity contribution in [3.8, 4) is 23.8 Å². The first-order valence-corrected chi connectivity index (χ1v) is 9.65. The van der Waals surface area contributed by atoms with E-state index in [1.54, 1.807) is 6.07 Å². The quantitative estimate of drug-likeness (QED) is 0.212. The van der Waals surface area contributed by atoms with Crippen LogP contribution in [0.5, 0.6) is 11.5 Å². The smallest absolute Gasteiger partial charge is 0.335 e. The minimum Gasteiger partial charge on any atom is -0.493 e. The van der Waals surface area contributed by atoms with E-state index in [0.717, 1.165) is 6.07 Å². The number of nitro groups is 1. The molecule has 0 aromatic heterocycles. The zero-order valence-corrected chi connectivity index (χ0v) is 18.0. The molecule has 1 fully saturated rings. The number of urea groups is 1. The lowest BCUT2D eigenvalue weighted by atomic mass is 10.1. The zero-order chi connectivity index (χ0) is 23.4. The Labute approximate surface area is 190 Å². The number of halogens is 1. The summed E-state index contributed by atoms with van der Waals surface area (Å²) in [4.78, 5) is 48.7. The third-order valence-electron chi connectivity index (χ3n) is 4.26. The van der Waals surface area contributed by atoms with E-state index in [1.165, 1.54) is 37.5 Å². The largest absolute Gasteiger partial charge is 0.493 e. The highest BCUT2D eigenvalue weighted by Gasteiger charge is 2.37. The van der Waals surface area contributed by atoms with Crippen molar-refractivity contribution in [2.24, 2.45) is 0 Å². The van der Waals surface area contributed by atoms with Crippen molar-refractivity contribution in [2.75, 3.05) is 18.6 Å². The first kappa shape index (κ1) is 22.5. The van der Waals surface area contributed by atoms with E-state index in [1.807, 2.05) is 0 Å². The average Bonchev–Trinajstić information content (AvgIpc) is 2.75. The summed E-state index contributed by atoms with van der Waals surface area (Å²) in [6.07, 6.45) is 6.46. The number of terminal acetylenes is 1. The fraction of sp³-hybridized carbons (Fsp3) is 0.0952. The van der Waals surface area contributed by atoms with Crippen LogP contribution in [0.3, 0.4) is 0 Å². The number of imide groups is 2. The molecule has 1 aliphatic rings. The van der Waals surface area contributed by atoms with E-state index in [-0.39, 0.29) is 29.3 Å². The Morgan fingerprint density at radius 2 is 2.03 bits per heavy atom. The van der Waals surface area contributed by atoms with Crippen molar-refractivity contribution in [2.45, 2.75) is 0 Å². The normalized spacial score (nSPS) is 14.7. The summed E-state index contributed by atoms with van der Waals surface area (Å²) in [5.74, 6) is 1.10. The third kappa shape index (κ3) is 4.45. The highest BCUT2D eigenvalue weighted by atomic mass is 79.9. The number of barbiturate groups is 1. The third-order valence-corrected chi connectivity index (χ3v) is 4.85. The van der Waals surface area contributed by atoms with Crippen molar-refractivity contribution in [3.63, 3.8) is 0 Å². The van der Waals surface area contributed by atoms with Gasteiger partial charge in [-0.05, 0) is 45.8 Å². The van der Waals surface area contributed by atoms with Gasteiger partial charge >= 0.3 is 6.03 Å². The van der Waals surface area contributed by atoms with Gasteiger partial charge in [0.15, 0.2) is 11.5 Å². The second-order valence-electron chi connectivity index (χ2n) is 6.26. The molecule has 2 aromatic carbocycles. The number of hydrogen-bond acceptors (Lipinski definition) is 7. The molecule has 11 heteroatoms. The molecule has 162 valence electrons. The summed E-state index contributed by atoms with van der Waals surface area (Å²) in [6, 6.07) is 7.00. The van der Waals surface area contributed by atoms with E-state index >= 15 is 0 Å². The number of non-ortho nitro benzene ring substituents is 1. The van der Waals surface area contributed by atoms with Crippen molar-refractivity contribution < 1.29 is 28.8 Å². The zero-order valence-electron chi connectivity index (χ0n) is 16.5. The molecule has 0 radical (unpaired) electrons. The minimum atomic E-state index is -1.02. The van der Waals surface area contributed by atoms with E-state index in [4.69, 9.17) is 15.9 Å². The van der Waals surface area contributed by atoms with Gasteiger partial charge in [-0.15, -0.1) is 6.42 Å². The van der Waals surface area contributed by atoms with Gasteiger partial charge in [0.1, 0.15) is 12.2 Å². The number of nitrogens with one attached hydrogen (secondary N) is 1. The summed E-state index contributed by atoms with van der Waals surface area (Å²) in [5.41, 5.74) is -0.352. The number of nitro benzene ring substituents is 1. The van der Waals surface area contributed by atoms with E-state index in [2.05, 4.69) is 27.2 Å². The van der Waals surface area contributed by atoms with Gasteiger partial charge in [0, 0.05) is 12.1 Å². The number of hydrogen-bond donors (Lipinski definition) is 1. The molecule has 0 spiro atoms. The van der Waals surface area contributed by atoms with Crippen LogP contribution >= 0.6 is 15.9 Å². The molecule has 0 bridgehead atoms. The van der Waals surface area contributed by atoms with Crippen LogP contribution in [0.2, 0.25) is 0 Å². The maximum absolute atomic E-state index is 13.0. The van der Waals surface area contributed by atoms with Crippen LogP contribution in [0.4, 0.5) is 16.2 Å².